The fraction of sp³-hybridized carbons (Fsp3) is 0.667. The van der Waals surface area contributed by atoms with Crippen molar-refractivity contribution in [3.63, 3.8) is 0 Å². The van der Waals surface area contributed by atoms with Gasteiger partial charge in [-0.15, -0.1) is 5.10 Å². The SMILES string of the molecule is CC(CS(C)=O)n1c(N)n[nH]c1=S. The molecule has 1 heterocycles. The Labute approximate surface area is 83.8 Å². The van der Waals surface area contributed by atoms with Gasteiger partial charge in [-0.05, 0) is 19.1 Å². The molecule has 0 radical (unpaired) electrons. The average molecular weight is 220 g/mol. The number of rotatable bonds is 3. The highest BCUT2D eigenvalue weighted by Crippen LogP contribution is 2.11. The molecule has 0 fully saturated rings. The zero-order valence-electron chi connectivity index (χ0n) is 7.48. The van der Waals surface area contributed by atoms with E-state index in [4.69, 9.17) is 18.0 Å². The molecule has 13 heavy (non-hydrogen) atoms. The minimum absolute atomic E-state index is 0.0112. The molecule has 3 N–H and O–H groups in total. The van der Waals surface area contributed by atoms with Crippen LogP contribution in [-0.4, -0.2) is 31.0 Å². The lowest BCUT2D eigenvalue weighted by Crippen LogP contribution is -2.15. The van der Waals surface area contributed by atoms with E-state index in [1.54, 1.807) is 10.8 Å². The number of hydrogen-bond acceptors (Lipinski definition) is 4. The van der Waals surface area contributed by atoms with Crippen LogP contribution in [-0.2, 0) is 10.8 Å². The first-order valence-corrected chi connectivity index (χ1v) is 5.88. The van der Waals surface area contributed by atoms with Crippen LogP contribution < -0.4 is 5.73 Å². The molecular formula is C6H12N4OS2. The second kappa shape index (κ2) is 4.01. The van der Waals surface area contributed by atoms with Crippen molar-refractivity contribution < 1.29 is 4.21 Å². The molecule has 2 atom stereocenters. The molecule has 0 aliphatic rings. The fourth-order valence-corrected chi connectivity index (χ4v) is 2.30. The number of aromatic nitrogens is 3. The topological polar surface area (TPSA) is 76.7 Å². The van der Waals surface area contributed by atoms with Crippen molar-refractivity contribution in [2.24, 2.45) is 0 Å². The van der Waals surface area contributed by atoms with Gasteiger partial charge in [-0.1, -0.05) is 0 Å². The molecule has 0 saturated carbocycles. The van der Waals surface area contributed by atoms with Crippen molar-refractivity contribution in [2.45, 2.75) is 13.0 Å². The lowest BCUT2D eigenvalue weighted by Gasteiger charge is -2.11. The van der Waals surface area contributed by atoms with E-state index in [9.17, 15) is 4.21 Å². The van der Waals surface area contributed by atoms with Crippen molar-refractivity contribution >= 4 is 29.0 Å². The summed E-state index contributed by atoms with van der Waals surface area (Å²) in [7, 11) is -0.861. The molecule has 74 valence electrons. The first-order valence-electron chi connectivity index (χ1n) is 3.74. The van der Waals surface area contributed by atoms with Gasteiger partial charge in [-0.2, -0.15) is 0 Å². The summed E-state index contributed by atoms with van der Waals surface area (Å²) < 4.78 is 13.1. The van der Waals surface area contributed by atoms with Crippen LogP contribution >= 0.6 is 12.2 Å². The van der Waals surface area contributed by atoms with Gasteiger partial charge in [0, 0.05) is 28.9 Å². The maximum absolute atomic E-state index is 11.0. The van der Waals surface area contributed by atoms with Crippen LogP contribution in [0.1, 0.15) is 13.0 Å². The number of H-pyrrole nitrogens is 1. The molecule has 1 aromatic rings. The summed E-state index contributed by atoms with van der Waals surface area (Å²) in [6.07, 6.45) is 1.65. The molecule has 0 spiro atoms. The Bertz CT molecular complexity index is 369. The van der Waals surface area contributed by atoms with E-state index >= 15 is 0 Å². The maximum atomic E-state index is 11.0. The Morgan fingerprint density at radius 2 is 2.46 bits per heavy atom. The lowest BCUT2D eigenvalue weighted by atomic mass is 10.4. The first-order chi connectivity index (χ1) is 6.02. The van der Waals surface area contributed by atoms with E-state index in [1.807, 2.05) is 6.92 Å². The molecule has 5 nitrogen and oxygen atoms in total. The molecule has 0 aliphatic carbocycles. The quantitative estimate of drug-likeness (QED) is 0.726. The van der Waals surface area contributed by atoms with E-state index in [0.29, 0.717) is 16.5 Å². The fourth-order valence-electron chi connectivity index (χ4n) is 1.16. The third-order valence-electron chi connectivity index (χ3n) is 1.65. The van der Waals surface area contributed by atoms with Gasteiger partial charge >= 0.3 is 0 Å². The second-order valence-corrected chi connectivity index (χ2v) is 4.71. The average Bonchev–Trinajstić information content (AvgIpc) is 2.29. The van der Waals surface area contributed by atoms with E-state index in [0.717, 1.165) is 0 Å². The van der Waals surface area contributed by atoms with E-state index in [1.165, 1.54) is 0 Å². The summed E-state index contributed by atoms with van der Waals surface area (Å²) in [5, 5.41) is 6.35. The Morgan fingerprint density at radius 1 is 1.85 bits per heavy atom. The number of nitrogens with zero attached hydrogens (tertiary/aromatic N) is 2. The Hall–Kier alpha value is -0.690. The van der Waals surface area contributed by atoms with Gasteiger partial charge < -0.3 is 5.73 Å². The van der Waals surface area contributed by atoms with Crippen molar-refractivity contribution in [2.75, 3.05) is 17.7 Å². The molecule has 0 saturated heterocycles. The smallest absolute Gasteiger partial charge is 0.220 e. The van der Waals surface area contributed by atoms with E-state index in [-0.39, 0.29) is 6.04 Å². The molecule has 0 bridgehead atoms. The van der Waals surface area contributed by atoms with E-state index < -0.39 is 10.8 Å². The van der Waals surface area contributed by atoms with Crippen LogP contribution in [0, 0.1) is 4.77 Å². The highest BCUT2D eigenvalue weighted by Gasteiger charge is 2.11. The third kappa shape index (κ3) is 2.38. The van der Waals surface area contributed by atoms with E-state index in [2.05, 4.69) is 10.2 Å². The Kier molecular flexibility index (Phi) is 3.21. The van der Waals surface area contributed by atoms with Crippen LogP contribution in [0.5, 0.6) is 0 Å². The highest BCUT2D eigenvalue weighted by atomic mass is 32.2. The summed E-state index contributed by atoms with van der Waals surface area (Å²) in [5.41, 5.74) is 5.57. The van der Waals surface area contributed by atoms with Gasteiger partial charge in [0.05, 0.1) is 0 Å². The Balaban J connectivity index is 2.94. The van der Waals surface area contributed by atoms with Crippen molar-refractivity contribution in [1.29, 1.82) is 0 Å². The van der Waals surface area contributed by atoms with Crippen LogP contribution in [0.25, 0.3) is 0 Å². The number of hydrogen-bond donors (Lipinski definition) is 2. The molecule has 0 amide bonds. The molecule has 2 unspecified atom stereocenters. The predicted octanol–water partition coefficient (Wildman–Crippen LogP) is 0.462. The van der Waals surface area contributed by atoms with Gasteiger partial charge in [0.15, 0.2) is 4.77 Å². The first kappa shape index (κ1) is 10.4. The van der Waals surface area contributed by atoms with Gasteiger partial charge in [0.2, 0.25) is 5.95 Å². The van der Waals surface area contributed by atoms with Crippen LogP contribution in [0.2, 0.25) is 0 Å². The maximum Gasteiger partial charge on any atom is 0.220 e. The largest absolute Gasteiger partial charge is 0.368 e. The summed E-state index contributed by atoms with van der Waals surface area (Å²) in [6, 6.07) is 0.0112. The van der Waals surface area contributed by atoms with Crippen LogP contribution in [0.3, 0.4) is 0 Å². The third-order valence-corrected chi connectivity index (χ3v) is 2.89. The van der Waals surface area contributed by atoms with Crippen LogP contribution in [0.15, 0.2) is 0 Å². The molecule has 1 aromatic heterocycles. The summed E-state index contributed by atoms with van der Waals surface area (Å²) >= 11 is 4.97. The molecule has 1 rings (SSSR count). The van der Waals surface area contributed by atoms with Gasteiger partial charge in [-0.3, -0.25) is 8.78 Å². The zero-order chi connectivity index (χ0) is 10.0. The molecule has 7 heteroatoms. The predicted molar refractivity (Wildman–Crippen MR) is 55.5 cm³/mol. The standard InChI is InChI=1S/C6H12N4OS2/c1-4(3-13(2)11)10-5(7)8-9-6(10)12/h4H,3H2,1-2H3,(H2,7,8)(H,9,12). The van der Waals surface area contributed by atoms with Crippen molar-refractivity contribution in [1.82, 2.24) is 14.8 Å². The molecule has 0 aliphatic heterocycles. The minimum atomic E-state index is -0.861. The minimum Gasteiger partial charge on any atom is -0.368 e. The highest BCUT2D eigenvalue weighted by molar-refractivity contribution is 7.84. The second-order valence-electron chi connectivity index (χ2n) is 2.85. The monoisotopic (exact) mass is 220 g/mol. The summed E-state index contributed by atoms with van der Waals surface area (Å²) in [5.74, 6) is 0.862. The number of aromatic amines is 1. The Morgan fingerprint density at radius 3 is 2.85 bits per heavy atom. The molecular weight excluding hydrogens is 208 g/mol. The summed E-state index contributed by atoms with van der Waals surface area (Å²) in [6.45, 7) is 1.91. The molecule has 0 aromatic carbocycles. The number of anilines is 1. The number of nitrogen functional groups attached to an aromatic ring is 1. The number of nitrogens with two attached hydrogens (primary N) is 1. The van der Waals surface area contributed by atoms with Gasteiger partial charge in [0.1, 0.15) is 0 Å². The number of nitrogens with one attached hydrogen (secondary N) is 1. The normalized spacial score (nSPS) is 15.5. The van der Waals surface area contributed by atoms with Crippen molar-refractivity contribution in [3.8, 4) is 0 Å². The lowest BCUT2D eigenvalue weighted by molar-refractivity contribution is 0.596. The summed E-state index contributed by atoms with van der Waals surface area (Å²) in [4.78, 5) is 0. The van der Waals surface area contributed by atoms with Gasteiger partial charge in [-0.25, -0.2) is 5.10 Å². The zero-order valence-corrected chi connectivity index (χ0v) is 9.11. The van der Waals surface area contributed by atoms with Crippen molar-refractivity contribution in [3.05, 3.63) is 4.77 Å². The van der Waals surface area contributed by atoms with Gasteiger partial charge in [0.25, 0.3) is 0 Å². The van der Waals surface area contributed by atoms with Crippen LogP contribution in [0.4, 0.5) is 5.95 Å².